The molecule has 0 fully saturated rings. The highest BCUT2D eigenvalue weighted by Gasteiger charge is 2.15. The Hall–Kier alpha value is -2.96. The van der Waals surface area contributed by atoms with Gasteiger partial charge >= 0.3 is 0 Å². The van der Waals surface area contributed by atoms with Crippen molar-refractivity contribution < 1.29 is 23.1 Å². The summed E-state index contributed by atoms with van der Waals surface area (Å²) >= 11 is 0. The summed E-state index contributed by atoms with van der Waals surface area (Å²) in [5, 5.41) is 2.44. The minimum atomic E-state index is -1.06. The van der Waals surface area contributed by atoms with Crippen molar-refractivity contribution in [1.29, 1.82) is 0 Å². The highest BCUT2D eigenvalue weighted by molar-refractivity contribution is 5.94. The van der Waals surface area contributed by atoms with E-state index in [2.05, 4.69) is 5.32 Å². The van der Waals surface area contributed by atoms with Crippen molar-refractivity contribution in [1.82, 2.24) is 4.90 Å². The van der Waals surface area contributed by atoms with Gasteiger partial charge < -0.3 is 15.0 Å². The third-order valence-electron chi connectivity index (χ3n) is 3.52. The van der Waals surface area contributed by atoms with Crippen LogP contribution in [0.1, 0.15) is 12.5 Å². The zero-order valence-electron chi connectivity index (χ0n) is 13.9. The molecule has 25 heavy (non-hydrogen) atoms. The third-order valence-corrected chi connectivity index (χ3v) is 3.52. The quantitative estimate of drug-likeness (QED) is 0.873. The maximum absolute atomic E-state index is 13.2. The minimum absolute atomic E-state index is 0.122. The van der Waals surface area contributed by atoms with Crippen molar-refractivity contribution in [2.24, 2.45) is 0 Å². The fraction of sp³-hybridized carbons (Fsp3) is 0.222. The van der Waals surface area contributed by atoms with Crippen molar-refractivity contribution in [3.05, 3.63) is 59.7 Å². The largest absolute Gasteiger partial charge is 0.497 e. The van der Waals surface area contributed by atoms with Crippen LogP contribution in [0.25, 0.3) is 0 Å². The molecule has 7 heteroatoms. The molecule has 2 aromatic rings. The first kappa shape index (κ1) is 18.4. The lowest BCUT2D eigenvalue weighted by atomic mass is 10.2. The predicted octanol–water partition coefficient (Wildman–Crippen LogP) is 2.96. The average Bonchev–Trinajstić information content (AvgIpc) is 2.58. The van der Waals surface area contributed by atoms with E-state index in [0.29, 0.717) is 5.75 Å². The second-order valence-electron chi connectivity index (χ2n) is 5.40. The van der Waals surface area contributed by atoms with Crippen LogP contribution in [0.5, 0.6) is 5.75 Å². The van der Waals surface area contributed by atoms with Crippen molar-refractivity contribution in [2.75, 3.05) is 19.0 Å². The van der Waals surface area contributed by atoms with Gasteiger partial charge in [-0.2, -0.15) is 0 Å². The number of nitrogens with zero attached hydrogens (tertiary/aromatic N) is 1. The molecule has 0 heterocycles. The molecule has 0 aliphatic carbocycles. The normalized spacial score (nSPS) is 10.2. The first-order chi connectivity index (χ1) is 11.9. The SMILES string of the molecule is COc1ccc(CN(CC(=O)Nc2ccc(F)c(F)c2)C(C)=O)cc1. The molecule has 0 saturated heterocycles. The second-order valence-corrected chi connectivity index (χ2v) is 5.40. The first-order valence-electron chi connectivity index (χ1n) is 7.52. The van der Waals surface area contributed by atoms with Crippen LogP contribution in [-0.2, 0) is 16.1 Å². The van der Waals surface area contributed by atoms with Gasteiger partial charge in [0.15, 0.2) is 11.6 Å². The number of halogens is 2. The van der Waals surface area contributed by atoms with Crippen LogP contribution < -0.4 is 10.1 Å². The Morgan fingerprint density at radius 1 is 1.08 bits per heavy atom. The van der Waals surface area contributed by atoms with Crippen LogP contribution in [0, 0.1) is 11.6 Å². The molecule has 2 rings (SSSR count). The zero-order valence-corrected chi connectivity index (χ0v) is 13.9. The summed E-state index contributed by atoms with van der Waals surface area (Å²) in [6.07, 6.45) is 0. The Labute approximate surface area is 144 Å². The summed E-state index contributed by atoms with van der Waals surface area (Å²) in [6.45, 7) is 1.39. The van der Waals surface area contributed by atoms with E-state index < -0.39 is 17.5 Å². The number of benzene rings is 2. The summed E-state index contributed by atoms with van der Waals surface area (Å²) in [4.78, 5) is 25.2. The number of methoxy groups -OCH3 is 1. The van der Waals surface area contributed by atoms with Crippen molar-refractivity contribution in [2.45, 2.75) is 13.5 Å². The smallest absolute Gasteiger partial charge is 0.244 e. The van der Waals surface area contributed by atoms with Gasteiger partial charge in [0.2, 0.25) is 11.8 Å². The number of anilines is 1. The molecule has 2 amide bonds. The van der Waals surface area contributed by atoms with E-state index in [1.165, 1.54) is 17.9 Å². The molecule has 0 aliphatic heterocycles. The van der Waals surface area contributed by atoms with E-state index in [1.807, 2.05) is 0 Å². The molecular weight excluding hydrogens is 330 g/mol. The van der Waals surface area contributed by atoms with Crippen LogP contribution in [0.3, 0.4) is 0 Å². The maximum atomic E-state index is 13.2. The van der Waals surface area contributed by atoms with Crippen molar-refractivity contribution >= 4 is 17.5 Å². The summed E-state index contributed by atoms with van der Waals surface area (Å²) < 4.78 is 31.1. The number of rotatable bonds is 6. The van der Waals surface area contributed by atoms with Gasteiger partial charge in [0.1, 0.15) is 12.3 Å². The Kier molecular flexibility index (Phi) is 6.05. The molecule has 2 aromatic carbocycles. The van der Waals surface area contributed by atoms with Gasteiger partial charge in [-0.1, -0.05) is 12.1 Å². The van der Waals surface area contributed by atoms with Gasteiger partial charge in [0, 0.05) is 25.2 Å². The van der Waals surface area contributed by atoms with Crippen LogP contribution in [0.15, 0.2) is 42.5 Å². The molecule has 0 atom stereocenters. The Balaban J connectivity index is 2.00. The maximum Gasteiger partial charge on any atom is 0.244 e. The lowest BCUT2D eigenvalue weighted by Gasteiger charge is -2.21. The van der Waals surface area contributed by atoms with E-state index in [-0.39, 0.29) is 24.7 Å². The first-order valence-corrected chi connectivity index (χ1v) is 7.52. The second kappa shape index (κ2) is 8.23. The van der Waals surface area contributed by atoms with E-state index in [9.17, 15) is 18.4 Å². The lowest BCUT2D eigenvalue weighted by Crippen LogP contribution is -2.36. The molecule has 0 aromatic heterocycles. The van der Waals surface area contributed by atoms with Gasteiger partial charge in [-0.15, -0.1) is 0 Å². The Bertz CT molecular complexity index is 763. The van der Waals surface area contributed by atoms with Crippen LogP contribution in [0.4, 0.5) is 14.5 Å². The van der Waals surface area contributed by atoms with Crippen molar-refractivity contribution in [3.8, 4) is 5.75 Å². The third kappa shape index (κ3) is 5.27. The topological polar surface area (TPSA) is 58.6 Å². The summed E-state index contributed by atoms with van der Waals surface area (Å²) in [5.41, 5.74) is 0.952. The molecule has 5 nitrogen and oxygen atoms in total. The fourth-order valence-corrected chi connectivity index (χ4v) is 2.18. The van der Waals surface area contributed by atoms with Crippen LogP contribution in [-0.4, -0.2) is 30.4 Å². The summed E-state index contributed by atoms with van der Waals surface area (Å²) in [5.74, 6) is -2.15. The lowest BCUT2D eigenvalue weighted by molar-refractivity contribution is -0.133. The summed E-state index contributed by atoms with van der Waals surface area (Å²) in [6, 6.07) is 10.2. The van der Waals surface area contributed by atoms with E-state index in [4.69, 9.17) is 4.74 Å². The average molecular weight is 348 g/mol. The number of hydrogen-bond donors (Lipinski definition) is 1. The molecule has 0 radical (unpaired) electrons. The van der Waals surface area contributed by atoms with Gasteiger partial charge in [-0.25, -0.2) is 8.78 Å². The number of amides is 2. The summed E-state index contributed by atoms with van der Waals surface area (Å²) in [7, 11) is 1.56. The number of carbonyl (C=O) groups is 2. The molecule has 0 bridgehead atoms. The zero-order chi connectivity index (χ0) is 18.4. The molecule has 1 N–H and O–H groups in total. The number of nitrogens with one attached hydrogen (secondary N) is 1. The molecule has 0 saturated carbocycles. The molecule has 132 valence electrons. The number of hydrogen-bond acceptors (Lipinski definition) is 3. The van der Waals surface area contributed by atoms with Crippen LogP contribution in [0.2, 0.25) is 0 Å². The van der Waals surface area contributed by atoms with E-state index >= 15 is 0 Å². The van der Waals surface area contributed by atoms with E-state index in [1.54, 1.807) is 31.4 Å². The minimum Gasteiger partial charge on any atom is -0.497 e. The standard InChI is InChI=1S/C18H18F2N2O3/c1-12(23)22(10-13-3-6-15(25-2)7-4-13)11-18(24)21-14-5-8-16(19)17(20)9-14/h3-9H,10-11H2,1-2H3,(H,21,24). The Morgan fingerprint density at radius 2 is 1.76 bits per heavy atom. The Morgan fingerprint density at radius 3 is 2.32 bits per heavy atom. The molecule has 0 aliphatic rings. The van der Waals surface area contributed by atoms with Gasteiger partial charge in [-0.3, -0.25) is 9.59 Å². The fourth-order valence-electron chi connectivity index (χ4n) is 2.18. The van der Waals surface area contributed by atoms with Crippen LogP contribution >= 0.6 is 0 Å². The molecule has 0 spiro atoms. The molecule has 0 unspecified atom stereocenters. The number of carbonyl (C=O) groups excluding carboxylic acids is 2. The highest BCUT2D eigenvalue weighted by atomic mass is 19.2. The van der Waals surface area contributed by atoms with E-state index in [0.717, 1.165) is 17.7 Å². The van der Waals surface area contributed by atoms with Gasteiger partial charge in [-0.05, 0) is 29.8 Å². The number of ether oxygens (including phenoxy) is 1. The van der Waals surface area contributed by atoms with Gasteiger partial charge in [0.25, 0.3) is 0 Å². The highest BCUT2D eigenvalue weighted by Crippen LogP contribution is 2.15. The van der Waals surface area contributed by atoms with Gasteiger partial charge in [0.05, 0.1) is 7.11 Å². The predicted molar refractivity (Wildman–Crippen MR) is 89.1 cm³/mol. The monoisotopic (exact) mass is 348 g/mol. The molecular formula is C18H18F2N2O3. The van der Waals surface area contributed by atoms with Crippen molar-refractivity contribution in [3.63, 3.8) is 0 Å².